The summed E-state index contributed by atoms with van der Waals surface area (Å²) < 4.78 is 26.5. The van der Waals surface area contributed by atoms with Crippen molar-refractivity contribution in [2.45, 2.75) is 44.1 Å². The van der Waals surface area contributed by atoms with Gasteiger partial charge in [-0.15, -0.1) is 0 Å². The molecular weight excluding hydrogens is 474 g/mol. The Kier molecular flexibility index (Phi) is 8.06. The minimum absolute atomic E-state index is 0.115. The summed E-state index contributed by atoms with van der Waals surface area (Å²) in [5, 5.41) is 7.58. The summed E-state index contributed by atoms with van der Waals surface area (Å²) in [7, 11) is 0. The van der Waals surface area contributed by atoms with Gasteiger partial charge in [-0.05, 0) is 66.0 Å². The second-order valence-corrected chi connectivity index (χ2v) is 10.2. The molecule has 0 radical (unpaired) electrons. The molecule has 2 aromatic carbocycles. The molecule has 182 valence electrons. The van der Waals surface area contributed by atoms with E-state index in [-0.39, 0.29) is 23.6 Å². The molecule has 5 nitrogen and oxygen atoms in total. The highest BCUT2D eigenvalue weighted by Crippen LogP contribution is 2.35. The van der Waals surface area contributed by atoms with Crippen LogP contribution in [-0.4, -0.2) is 57.6 Å². The van der Waals surface area contributed by atoms with Crippen LogP contribution >= 0.6 is 24.0 Å². The number of thiocarbonyl (C=S) groups is 1. The number of halogens is 2. The SMILES string of the molecule is CSCCC1NC2(CCN(C(=S)NCc3ccc(F)cc3)CC2)N(Cc2ccc(F)cc2)C1=O. The van der Waals surface area contributed by atoms with E-state index in [0.717, 1.165) is 36.1 Å². The lowest BCUT2D eigenvalue weighted by Gasteiger charge is -2.45. The molecule has 2 aromatic rings. The third-order valence-corrected chi connectivity index (χ3v) is 7.67. The van der Waals surface area contributed by atoms with Crippen molar-refractivity contribution in [3.8, 4) is 0 Å². The molecule has 9 heteroatoms. The van der Waals surface area contributed by atoms with Gasteiger partial charge in [-0.2, -0.15) is 11.8 Å². The lowest BCUT2D eigenvalue weighted by Crippen LogP contribution is -2.60. The topological polar surface area (TPSA) is 47.6 Å². The average Bonchev–Trinajstić information content (AvgIpc) is 3.09. The molecule has 1 unspecified atom stereocenters. The number of amides is 1. The quantitative estimate of drug-likeness (QED) is 0.558. The van der Waals surface area contributed by atoms with E-state index >= 15 is 0 Å². The number of carbonyl (C=O) groups is 1. The van der Waals surface area contributed by atoms with Crippen LogP contribution in [0.5, 0.6) is 0 Å². The molecule has 1 atom stereocenters. The molecule has 1 spiro atoms. The van der Waals surface area contributed by atoms with Crippen molar-refractivity contribution in [1.82, 2.24) is 20.4 Å². The van der Waals surface area contributed by atoms with Crippen LogP contribution < -0.4 is 10.6 Å². The number of carbonyl (C=O) groups excluding carboxylic acids is 1. The Morgan fingerprint density at radius 3 is 2.26 bits per heavy atom. The van der Waals surface area contributed by atoms with Crippen LogP contribution in [0.1, 0.15) is 30.4 Å². The van der Waals surface area contributed by atoms with Crippen molar-refractivity contribution in [2.75, 3.05) is 25.1 Å². The summed E-state index contributed by atoms with van der Waals surface area (Å²) in [6.07, 6.45) is 4.31. The van der Waals surface area contributed by atoms with Gasteiger partial charge in [0.25, 0.3) is 0 Å². The molecule has 2 aliphatic heterocycles. The monoisotopic (exact) mass is 504 g/mol. The predicted molar refractivity (Wildman–Crippen MR) is 136 cm³/mol. The van der Waals surface area contributed by atoms with Gasteiger partial charge in [0.2, 0.25) is 5.91 Å². The first kappa shape index (κ1) is 24.9. The number of benzene rings is 2. The van der Waals surface area contributed by atoms with Gasteiger partial charge in [-0.1, -0.05) is 24.3 Å². The van der Waals surface area contributed by atoms with Gasteiger partial charge in [0.15, 0.2) is 5.11 Å². The lowest BCUT2D eigenvalue weighted by atomic mass is 9.95. The minimum Gasteiger partial charge on any atom is -0.358 e. The molecule has 0 saturated carbocycles. The van der Waals surface area contributed by atoms with Crippen LogP contribution in [0.4, 0.5) is 8.78 Å². The van der Waals surface area contributed by atoms with Gasteiger partial charge in [-0.3, -0.25) is 10.1 Å². The van der Waals surface area contributed by atoms with Gasteiger partial charge in [0.05, 0.1) is 11.7 Å². The highest BCUT2D eigenvalue weighted by Gasteiger charge is 2.51. The van der Waals surface area contributed by atoms with Crippen LogP contribution in [0.15, 0.2) is 48.5 Å². The Hall–Kier alpha value is -2.23. The van der Waals surface area contributed by atoms with Crippen molar-refractivity contribution >= 4 is 35.0 Å². The molecule has 2 N–H and O–H groups in total. The molecule has 4 rings (SSSR count). The Bertz CT molecular complexity index is 995. The summed E-state index contributed by atoms with van der Waals surface area (Å²) in [6, 6.07) is 12.5. The van der Waals surface area contributed by atoms with E-state index in [1.165, 1.54) is 24.3 Å². The zero-order chi connectivity index (χ0) is 24.1. The highest BCUT2D eigenvalue weighted by atomic mass is 32.2. The Morgan fingerprint density at radius 2 is 1.68 bits per heavy atom. The maximum atomic E-state index is 13.4. The van der Waals surface area contributed by atoms with Gasteiger partial charge in [0.1, 0.15) is 11.6 Å². The van der Waals surface area contributed by atoms with Crippen molar-refractivity contribution < 1.29 is 13.6 Å². The number of nitrogens with one attached hydrogen (secondary N) is 2. The first-order valence-electron chi connectivity index (χ1n) is 11.5. The number of hydrogen-bond donors (Lipinski definition) is 2. The first-order valence-corrected chi connectivity index (χ1v) is 13.3. The van der Waals surface area contributed by atoms with E-state index in [1.54, 1.807) is 36.0 Å². The summed E-state index contributed by atoms with van der Waals surface area (Å²) in [6.45, 7) is 2.41. The molecule has 2 fully saturated rings. The molecular formula is C25H30F2N4OS2. The molecule has 0 aromatic heterocycles. The summed E-state index contributed by atoms with van der Waals surface area (Å²) in [5.74, 6) is 0.487. The van der Waals surface area contributed by atoms with Crippen LogP contribution in [-0.2, 0) is 17.9 Å². The number of rotatable bonds is 7. The van der Waals surface area contributed by atoms with Crippen molar-refractivity contribution in [3.63, 3.8) is 0 Å². The zero-order valence-electron chi connectivity index (χ0n) is 19.2. The largest absolute Gasteiger partial charge is 0.358 e. The number of likely N-dealkylation sites (tertiary alicyclic amines) is 1. The molecule has 0 bridgehead atoms. The van der Waals surface area contributed by atoms with E-state index in [4.69, 9.17) is 12.2 Å². The second-order valence-electron chi connectivity index (χ2n) is 8.83. The van der Waals surface area contributed by atoms with E-state index in [9.17, 15) is 13.6 Å². The van der Waals surface area contributed by atoms with Crippen LogP contribution in [0.25, 0.3) is 0 Å². The summed E-state index contributed by atoms with van der Waals surface area (Å²) in [4.78, 5) is 17.4. The fourth-order valence-electron chi connectivity index (χ4n) is 4.68. The van der Waals surface area contributed by atoms with Gasteiger partial charge in [0, 0.05) is 39.0 Å². The Labute approximate surface area is 209 Å². The smallest absolute Gasteiger partial charge is 0.241 e. The van der Waals surface area contributed by atoms with E-state index in [0.29, 0.717) is 31.3 Å². The predicted octanol–water partition coefficient (Wildman–Crippen LogP) is 3.89. The second kappa shape index (κ2) is 11.0. The van der Waals surface area contributed by atoms with Crippen molar-refractivity contribution in [2.24, 2.45) is 0 Å². The number of thioether (sulfide) groups is 1. The number of nitrogens with zero attached hydrogens (tertiary/aromatic N) is 2. The van der Waals surface area contributed by atoms with Crippen molar-refractivity contribution in [1.29, 1.82) is 0 Å². The maximum Gasteiger partial charge on any atom is 0.241 e. The molecule has 2 heterocycles. The third-order valence-electron chi connectivity index (χ3n) is 6.62. The maximum absolute atomic E-state index is 13.4. The van der Waals surface area contributed by atoms with Crippen molar-refractivity contribution in [3.05, 3.63) is 71.3 Å². The van der Waals surface area contributed by atoms with Crippen LogP contribution in [0.3, 0.4) is 0 Å². The van der Waals surface area contributed by atoms with Gasteiger partial charge >= 0.3 is 0 Å². The zero-order valence-corrected chi connectivity index (χ0v) is 20.9. The third kappa shape index (κ3) is 5.70. The fourth-order valence-corrected chi connectivity index (χ4v) is 5.41. The van der Waals surface area contributed by atoms with E-state index in [1.807, 2.05) is 11.2 Å². The van der Waals surface area contributed by atoms with E-state index in [2.05, 4.69) is 15.5 Å². The van der Waals surface area contributed by atoms with Crippen LogP contribution in [0.2, 0.25) is 0 Å². The van der Waals surface area contributed by atoms with E-state index < -0.39 is 5.66 Å². The summed E-state index contributed by atoms with van der Waals surface area (Å²) in [5.41, 5.74) is 1.44. The van der Waals surface area contributed by atoms with Crippen LogP contribution in [0, 0.1) is 11.6 Å². The molecule has 34 heavy (non-hydrogen) atoms. The summed E-state index contributed by atoms with van der Waals surface area (Å²) >= 11 is 7.35. The minimum atomic E-state index is -0.433. The van der Waals surface area contributed by atoms with Gasteiger partial charge in [-0.25, -0.2) is 8.78 Å². The number of hydrogen-bond acceptors (Lipinski definition) is 4. The molecule has 0 aliphatic carbocycles. The number of piperidine rings is 1. The molecule has 1 amide bonds. The Balaban J connectivity index is 1.41. The standard InChI is InChI=1S/C25H30F2N4OS2/c1-34-15-10-22-23(32)31(17-19-4-8-21(27)9-5-19)25(29-22)11-13-30(14-12-25)24(33)28-16-18-2-6-20(26)7-3-18/h2-9,22,29H,10-17H2,1H3,(H,28,33). The average molecular weight is 505 g/mol. The highest BCUT2D eigenvalue weighted by molar-refractivity contribution is 7.98. The molecule has 2 aliphatic rings. The fraction of sp³-hybridized carbons (Fsp3) is 0.440. The molecule has 2 saturated heterocycles. The lowest BCUT2D eigenvalue weighted by molar-refractivity contribution is -0.134. The first-order chi connectivity index (χ1) is 16.4. The Morgan fingerprint density at radius 1 is 1.09 bits per heavy atom. The van der Waals surface area contributed by atoms with Gasteiger partial charge < -0.3 is 15.1 Å². The normalized spacial score (nSPS) is 19.6.